The van der Waals surface area contributed by atoms with E-state index in [2.05, 4.69) is 40.9 Å². The molecule has 3 heterocycles. The molecule has 2 unspecified atom stereocenters. The van der Waals surface area contributed by atoms with Gasteiger partial charge in [-0.1, -0.05) is 13.3 Å². The Bertz CT molecular complexity index is 568. The summed E-state index contributed by atoms with van der Waals surface area (Å²) >= 11 is 0. The maximum atomic E-state index is 12.1. The topological polar surface area (TPSA) is 60.4 Å². The Morgan fingerprint density at radius 2 is 1.83 bits per heavy atom. The Labute approximate surface area is 176 Å². The molecule has 1 N–H and O–H groups in total. The molecule has 2 atom stereocenters. The number of aliphatic imine (C=N–C) groups is 1. The van der Waals surface area contributed by atoms with E-state index < -0.39 is 0 Å². The van der Waals surface area contributed by atoms with Crippen LogP contribution < -0.4 is 5.32 Å². The van der Waals surface area contributed by atoms with Crippen molar-refractivity contribution in [1.82, 2.24) is 20.0 Å². The minimum absolute atomic E-state index is 0.0664. The van der Waals surface area contributed by atoms with Crippen LogP contribution in [0, 0.1) is 11.8 Å². The van der Waals surface area contributed by atoms with Gasteiger partial charge in [-0.2, -0.15) is 0 Å². The highest BCUT2D eigenvalue weighted by atomic mass is 16.5. The Morgan fingerprint density at radius 3 is 2.45 bits per heavy atom. The van der Waals surface area contributed by atoms with Crippen LogP contribution in [0.3, 0.4) is 0 Å². The van der Waals surface area contributed by atoms with E-state index in [4.69, 9.17) is 9.73 Å². The minimum atomic E-state index is -0.101. The number of hydrogen-bond donors (Lipinski definition) is 1. The molecule has 0 saturated carbocycles. The summed E-state index contributed by atoms with van der Waals surface area (Å²) in [6.45, 7) is 12.2. The molecule has 0 aromatic carbocycles. The van der Waals surface area contributed by atoms with Gasteiger partial charge >= 0.3 is 5.97 Å². The van der Waals surface area contributed by atoms with Crippen LogP contribution in [0.4, 0.5) is 0 Å². The van der Waals surface area contributed by atoms with Crippen molar-refractivity contribution in [2.24, 2.45) is 16.8 Å². The van der Waals surface area contributed by atoms with Crippen molar-refractivity contribution in [2.75, 3.05) is 66.5 Å². The molecule has 0 aliphatic carbocycles. The first-order valence-corrected chi connectivity index (χ1v) is 11.5. The maximum Gasteiger partial charge on any atom is 0.310 e. The summed E-state index contributed by atoms with van der Waals surface area (Å²) in [4.78, 5) is 24.7. The molecule has 3 fully saturated rings. The van der Waals surface area contributed by atoms with E-state index in [-0.39, 0.29) is 23.3 Å². The smallest absolute Gasteiger partial charge is 0.310 e. The van der Waals surface area contributed by atoms with Gasteiger partial charge in [-0.15, -0.1) is 0 Å². The van der Waals surface area contributed by atoms with E-state index in [0.29, 0.717) is 6.54 Å². The minimum Gasteiger partial charge on any atom is -0.469 e. The van der Waals surface area contributed by atoms with Crippen molar-refractivity contribution < 1.29 is 9.53 Å². The first kappa shape index (κ1) is 22.3. The molecule has 0 amide bonds. The normalized spacial score (nSPS) is 29.1. The monoisotopic (exact) mass is 407 g/mol. The zero-order valence-electron chi connectivity index (χ0n) is 19.0. The third kappa shape index (κ3) is 5.23. The Balaban J connectivity index is 1.75. The molecule has 7 nitrogen and oxygen atoms in total. The molecule has 7 heteroatoms. The van der Waals surface area contributed by atoms with Crippen LogP contribution in [0.1, 0.15) is 46.0 Å². The molecular formula is C22H41N5O2. The molecule has 3 rings (SSSR count). The van der Waals surface area contributed by atoms with Gasteiger partial charge in [0, 0.05) is 25.2 Å². The highest BCUT2D eigenvalue weighted by Crippen LogP contribution is 2.32. The SMILES string of the molecule is CCNC(=NCC1(N2CCCCC2)CCN(C)CC1)N1CC(C)C(C(=O)OC)C1. The van der Waals surface area contributed by atoms with Gasteiger partial charge in [-0.25, -0.2) is 0 Å². The maximum absolute atomic E-state index is 12.1. The number of rotatable bonds is 5. The molecule has 0 spiro atoms. The summed E-state index contributed by atoms with van der Waals surface area (Å²) in [5.74, 6) is 1.07. The van der Waals surface area contributed by atoms with Crippen LogP contribution in [0.5, 0.6) is 0 Å². The largest absolute Gasteiger partial charge is 0.469 e. The predicted octanol–water partition coefficient (Wildman–Crippen LogP) is 1.64. The lowest BCUT2D eigenvalue weighted by molar-refractivity contribution is -0.145. The number of carbonyl (C=O) groups excluding carboxylic acids is 1. The summed E-state index contributed by atoms with van der Waals surface area (Å²) in [7, 11) is 3.71. The number of nitrogens with zero attached hydrogens (tertiary/aromatic N) is 4. The van der Waals surface area contributed by atoms with E-state index in [1.807, 2.05) is 0 Å². The standard InChI is InChI=1S/C22H41N5O2/c1-5-23-21(26-15-18(2)19(16-26)20(28)29-4)24-17-22(9-13-25(3)14-10-22)27-11-7-6-8-12-27/h18-19H,5-17H2,1-4H3,(H,23,24). The van der Waals surface area contributed by atoms with Crippen molar-refractivity contribution >= 4 is 11.9 Å². The average molecular weight is 408 g/mol. The highest BCUT2D eigenvalue weighted by Gasteiger charge is 2.41. The lowest BCUT2D eigenvalue weighted by Crippen LogP contribution is -2.58. The first-order chi connectivity index (χ1) is 14.0. The average Bonchev–Trinajstić information content (AvgIpc) is 3.14. The Kier molecular flexibility index (Phi) is 7.79. The third-order valence-corrected chi connectivity index (χ3v) is 7.22. The number of piperidine rings is 2. The van der Waals surface area contributed by atoms with Crippen molar-refractivity contribution in [2.45, 2.75) is 51.5 Å². The Morgan fingerprint density at radius 1 is 1.14 bits per heavy atom. The molecular weight excluding hydrogens is 366 g/mol. The van der Waals surface area contributed by atoms with Crippen LogP contribution in [-0.4, -0.2) is 98.7 Å². The number of ether oxygens (including phenoxy) is 1. The van der Waals surface area contributed by atoms with Crippen molar-refractivity contribution in [3.8, 4) is 0 Å². The van der Waals surface area contributed by atoms with E-state index in [1.54, 1.807) is 0 Å². The summed E-state index contributed by atoms with van der Waals surface area (Å²) in [6, 6.07) is 0. The zero-order valence-corrected chi connectivity index (χ0v) is 19.0. The van der Waals surface area contributed by atoms with Crippen LogP contribution in [0.15, 0.2) is 4.99 Å². The molecule has 3 aliphatic heterocycles. The van der Waals surface area contributed by atoms with Gasteiger partial charge in [0.15, 0.2) is 5.96 Å². The summed E-state index contributed by atoms with van der Waals surface area (Å²) < 4.78 is 5.02. The number of likely N-dealkylation sites (tertiary alicyclic amines) is 3. The van der Waals surface area contributed by atoms with Gasteiger partial charge in [-0.3, -0.25) is 14.7 Å². The van der Waals surface area contributed by atoms with Gasteiger partial charge in [0.1, 0.15) is 0 Å². The van der Waals surface area contributed by atoms with E-state index in [1.165, 1.54) is 52.3 Å². The zero-order chi connectivity index (χ0) is 20.9. The lowest BCUT2D eigenvalue weighted by Gasteiger charge is -2.49. The fourth-order valence-corrected chi connectivity index (χ4v) is 5.22. The molecule has 29 heavy (non-hydrogen) atoms. The number of nitrogens with one attached hydrogen (secondary N) is 1. The molecule has 3 aliphatic rings. The number of guanidine groups is 1. The van der Waals surface area contributed by atoms with Crippen LogP contribution in [0.2, 0.25) is 0 Å². The number of esters is 1. The second-order valence-electron chi connectivity index (χ2n) is 9.26. The molecule has 0 aromatic heterocycles. The molecule has 166 valence electrons. The second kappa shape index (κ2) is 10.1. The van der Waals surface area contributed by atoms with Gasteiger partial charge in [0.2, 0.25) is 0 Å². The fraction of sp³-hybridized carbons (Fsp3) is 0.909. The molecule has 0 bridgehead atoms. The summed E-state index contributed by atoms with van der Waals surface area (Å²) in [5.41, 5.74) is 0.181. The number of hydrogen-bond acceptors (Lipinski definition) is 5. The molecule has 0 radical (unpaired) electrons. The quantitative estimate of drug-likeness (QED) is 0.425. The van der Waals surface area contributed by atoms with E-state index in [0.717, 1.165) is 38.7 Å². The molecule has 0 aromatic rings. The van der Waals surface area contributed by atoms with Gasteiger partial charge in [-0.05, 0) is 71.8 Å². The predicted molar refractivity (Wildman–Crippen MR) is 117 cm³/mol. The van der Waals surface area contributed by atoms with Crippen molar-refractivity contribution in [3.63, 3.8) is 0 Å². The summed E-state index contributed by atoms with van der Waals surface area (Å²) in [6.07, 6.45) is 6.36. The molecule has 3 saturated heterocycles. The van der Waals surface area contributed by atoms with Crippen molar-refractivity contribution in [3.05, 3.63) is 0 Å². The van der Waals surface area contributed by atoms with Crippen LogP contribution in [-0.2, 0) is 9.53 Å². The lowest BCUT2D eigenvalue weighted by atomic mass is 9.84. The Hall–Kier alpha value is -1.34. The van der Waals surface area contributed by atoms with Gasteiger partial charge in [0.05, 0.1) is 19.6 Å². The van der Waals surface area contributed by atoms with Crippen LogP contribution in [0.25, 0.3) is 0 Å². The second-order valence-corrected chi connectivity index (χ2v) is 9.26. The van der Waals surface area contributed by atoms with Crippen molar-refractivity contribution in [1.29, 1.82) is 0 Å². The van der Waals surface area contributed by atoms with E-state index >= 15 is 0 Å². The van der Waals surface area contributed by atoms with Crippen LogP contribution >= 0.6 is 0 Å². The number of carbonyl (C=O) groups is 1. The summed E-state index contributed by atoms with van der Waals surface area (Å²) in [5, 5.41) is 3.49. The van der Waals surface area contributed by atoms with Gasteiger partial charge in [0.25, 0.3) is 0 Å². The first-order valence-electron chi connectivity index (χ1n) is 11.5. The number of methoxy groups -OCH3 is 1. The fourth-order valence-electron chi connectivity index (χ4n) is 5.22. The third-order valence-electron chi connectivity index (χ3n) is 7.22. The van der Waals surface area contributed by atoms with E-state index in [9.17, 15) is 4.79 Å². The highest BCUT2D eigenvalue weighted by molar-refractivity contribution is 5.82. The van der Waals surface area contributed by atoms with Gasteiger partial charge < -0.3 is 19.9 Å².